The molecule has 9 nitrogen and oxygen atoms in total. The van der Waals surface area contributed by atoms with E-state index in [4.69, 9.17) is 9.47 Å². The van der Waals surface area contributed by atoms with Gasteiger partial charge in [0.1, 0.15) is 17.0 Å². The van der Waals surface area contributed by atoms with E-state index in [-0.39, 0.29) is 30.4 Å². The molecule has 2 heterocycles. The maximum absolute atomic E-state index is 13.8. The van der Waals surface area contributed by atoms with Crippen LogP contribution in [0.5, 0.6) is 5.75 Å². The van der Waals surface area contributed by atoms with Gasteiger partial charge in [-0.3, -0.25) is 14.5 Å². The minimum absolute atomic E-state index is 0.0818. The molecule has 1 aliphatic heterocycles. The summed E-state index contributed by atoms with van der Waals surface area (Å²) in [7, 11) is 2.80. The third-order valence-corrected chi connectivity index (χ3v) is 5.97. The Bertz CT molecular complexity index is 1270. The highest BCUT2D eigenvalue weighted by atomic mass is 16.5. The first kappa shape index (κ1) is 23.0. The fourth-order valence-corrected chi connectivity index (χ4v) is 4.26. The third kappa shape index (κ3) is 3.89. The Morgan fingerprint density at radius 1 is 1.15 bits per heavy atom. The molecule has 1 atom stereocenters. The molecule has 0 fully saturated rings. The molecule has 0 radical (unpaired) electrons. The van der Waals surface area contributed by atoms with Crippen LogP contribution in [0.2, 0.25) is 0 Å². The van der Waals surface area contributed by atoms with Crippen molar-refractivity contribution in [1.29, 1.82) is 0 Å². The Morgan fingerprint density at radius 3 is 2.62 bits per heavy atom. The number of nitrogens with zero attached hydrogens (tertiary/aromatic N) is 3. The molecule has 0 bridgehead atoms. The molecule has 176 valence electrons. The van der Waals surface area contributed by atoms with Gasteiger partial charge in [0.05, 0.1) is 27.1 Å². The number of hydrogen-bond acceptors (Lipinski definition) is 6. The molecule has 1 N–H and O–H groups in total. The number of amides is 2. The quantitative estimate of drug-likeness (QED) is 0.565. The van der Waals surface area contributed by atoms with Gasteiger partial charge in [-0.05, 0) is 37.6 Å². The van der Waals surface area contributed by atoms with Crippen molar-refractivity contribution in [2.75, 3.05) is 19.1 Å². The number of anilines is 1. The SMILES string of the molecule is COC(=O)c1ncn2c1C(=O)N(c1cccc(C)c1)[C@](C)(C(=O)NCc1ccccc1OC)C2. The number of benzene rings is 2. The van der Waals surface area contributed by atoms with E-state index >= 15 is 0 Å². The van der Waals surface area contributed by atoms with Gasteiger partial charge in [0.2, 0.25) is 5.91 Å². The van der Waals surface area contributed by atoms with Crippen molar-refractivity contribution in [2.24, 2.45) is 0 Å². The van der Waals surface area contributed by atoms with Crippen molar-refractivity contribution in [3.63, 3.8) is 0 Å². The summed E-state index contributed by atoms with van der Waals surface area (Å²) in [5.74, 6) is -0.921. The zero-order valence-corrected chi connectivity index (χ0v) is 19.5. The van der Waals surface area contributed by atoms with E-state index in [1.54, 1.807) is 20.1 Å². The number of fused-ring (bicyclic) bond motifs is 1. The lowest BCUT2D eigenvalue weighted by Crippen LogP contribution is -2.64. The van der Waals surface area contributed by atoms with Crippen LogP contribution in [0.1, 0.15) is 39.0 Å². The fraction of sp³-hybridized carbons (Fsp3) is 0.280. The number of carbonyl (C=O) groups is 3. The highest BCUT2D eigenvalue weighted by Gasteiger charge is 2.49. The monoisotopic (exact) mass is 462 g/mol. The number of methoxy groups -OCH3 is 2. The van der Waals surface area contributed by atoms with Gasteiger partial charge in [0, 0.05) is 17.8 Å². The second kappa shape index (κ2) is 9.01. The molecule has 1 aliphatic rings. The lowest BCUT2D eigenvalue weighted by atomic mass is 9.93. The average Bonchev–Trinajstić information content (AvgIpc) is 3.26. The lowest BCUT2D eigenvalue weighted by Gasteiger charge is -2.43. The normalized spacial score (nSPS) is 17.2. The van der Waals surface area contributed by atoms with Crippen molar-refractivity contribution in [2.45, 2.75) is 32.5 Å². The van der Waals surface area contributed by atoms with Crippen LogP contribution in [-0.2, 0) is 22.6 Å². The van der Waals surface area contributed by atoms with Crippen molar-refractivity contribution in [3.8, 4) is 5.75 Å². The molecule has 0 spiro atoms. The number of hydrogen-bond donors (Lipinski definition) is 1. The topological polar surface area (TPSA) is 103 Å². The first-order valence-corrected chi connectivity index (χ1v) is 10.7. The molecule has 2 amide bonds. The molecule has 34 heavy (non-hydrogen) atoms. The minimum atomic E-state index is -1.30. The number of para-hydroxylation sites is 1. The van der Waals surface area contributed by atoms with E-state index in [0.717, 1.165) is 11.1 Å². The lowest BCUT2D eigenvalue weighted by molar-refractivity contribution is -0.126. The zero-order chi connectivity index (χ0) is 24.5. The number of aryl methyl sites for hydroxylation is 1. The van der Waals surface area contributed by atoms with Crippen LogP contribution in [0.15, 0.2) is 54.9 Å². The van der Waals surface area contributed by atoms with Gasteiger partial charge in [-0.25, -0.2) is 9.78 Å². The second-order valence-corrected chi connectivity index (χ2v) is 8.31. The maximum Gasteiger partial charge on any atom is 0.359 e. The number of carbonyl (C=O) groups excluding carboxylic acids is 3. The fourth-order valence-electron chi connectivity index (χ4n) is 4.26. The van der Waals surface area contributed by atoms with Crippen LogP contribution in [0, 0.1) is 6.92 Å². The molecular formula is C25H26N4O5. The number of aromatic nitrogens is 2. The second-order valence-electron chi connectivity index (χ2n) is 8.31. The van der Waals surface area contributed by atoms with E-state index in [2.05, 4.69) is 10.3 Å². The Balaban J connectivity index is 1.75. The standard InChI is InChI=1S/C25H26N4O5/c1-16-8-7-10-18(12-16)29-22(30)21-20(23(31)34-4)27-15-28(21)14-25(29,2)24(32)26-13-17-9-5-6-11-19(17)33-3/h5-12,15H,13-14H2,1-4H3,(H,26,32)/t25-/m0/s1. The van der Waals surface area contributed by atoms with Crippen molar-refractivity contribution in [1.82, 2.24) is 14.9 Å². The number of esters is 1. The van der Waals surface area contributed by atoms with Gasteiger partial charge in [-0.15, -0.1) is 0 Å². The van der Waals surface area contributed by atoms with Gasteiger partial charge in [-0.2, -0.15) is 0 Å². The number of imidazole rings is 1. The Hall–Kier alpha value is -4.14. The molecular weight excluding hydrogens is 436 g/mol. The van der Waals surface area contributed by atoms with Crippen molar-refractivity contribution < 1.29 is 23.9 Å². The van der Waals surface area contributed by atoms with E-state index in [1.165, 1.54) is 22.9 Å². The Labute approximate surface area is 197 Å². The Morgan fingerprint density at radius 2 is 1.91 bits per heavy atom. The van der Waals surface area contributed by atoms with Gasteiger partial charge >= 0.3 is 5.97 Å². The van der Waals surface area contributed by atoms with Crippen LogP contribution in [0.3, 0.4) is 0 Å². The number of nitrogens with one attached hydrogen (secondary N) is 1. The smallest absolute Gasteiger partial charge is 0.359 e. The predicted octanol–water partition coefficient (Wildman–Crippen LogP) is 2.72. The van der Waals surface area contributed by atoms with Gasteiger partial charge < -0.3 is 19.4 Å². The molecule has 0 saturated heterocycles. The van der Waals surface area contributed by atoms with E-state index in [0.29, 0.717) is 11.4 Å². The summed E-state index contributed by atoms with van der Waals surface area (Å²) in [6, 6.07) is 14.7. The molecule has 3 aromatic rings. The summed E-state index contributed by atoms with van der Waals surface area (Å²) in [4.78, 5) is 45.2. The summed E-state index contributed by atoms with van der Waals surface area (Å²) < 4.78 is 11.7. The molecule has 4 rings (SSSR count). The van der Waals surface area contributed by atoms with Crippen LogP contribution in [0.4, 0.5) is 5.69 Å². The highest BCUT2D eigenvalue weighted by molar-refractivity contribution is 6.15. The molecule has 0 unspecified atom stereocenters. The van der Waals surface area contributed by atoms with Gasteiger partial charge in [0.15, 0.2) is 5.69 Å². The average molecular weight is 463 g/mol. The van der Waals surface area contributed by atoms with Crippen molar-refractivity contribution in [3.05, 3.63) is 77.4 Å². The van der Waals surface area contributed by atoms with Crippen LogP contribution < -0.4 is 15.0 Å². The summed E-state index contributed by atoms with van der Waals surface area (Å²) in [6.07, 6.45) is 1.39. The summed E-state index contributed by atoms with van der Waals surface area (Å²) >= 11 is 0. The molecule has 1 aromatic heterocycles. The molecule has 0 aliphatic carbocycles. The zero-order valence-electron chi connectivity index (χ0n) is 19.5. The predicted molar refractivity (Wildman–Crippen MR) is 125 cm³/mol. The van der Waals surface area contributed by atoms with Crippen LogP contribution in [0.25, 0.3) is 0 Å². The molecule has 9 heteroatoms. The number of rotatable bonds is 6. The molecule has 2 aromatic carbocycles. The summed E-state index contributed by atoms with van der Waals surface area (Å²) in [5.41, 5.74) is 0.985. The van der Waals surface area contributed by atoms with Crippen molar-refractivity contribution >= 4 is 23.5 Å². The van der Waals surface area contributed by atoms with Crippen LogP contribution in [-0.4, -0.2) is 47.1 Å². The largest absolute Gasteiger partial charge is 0.496 e. The summed E-state index contributed by atoms with van der Waals surface area (Å²) in [6.45, 7) is 3.93. The first-order valence-electron chi connectivity index (χ1n) is 10.7. The van der Waals surface area contributed by atoms with Gasteiger partial charge in [0.25, 0.3) is 5.91 Å². The Kier molecular flexibility index (Phi) is 6.10. The van der Waals surface area contributed by atoms with E-state index in [9.17, 15) is 14.4 Å². The van der Waals surface area contributed by atoms with E-state index in [1.807, 2.05) is 49.4 Å². The van der Waals surface area contributed by atoms with Crippen LogP contribution >= 0.6 is 0 Å². The summed E-state index contributed by atoms with van der Waals surface area (Å²) in [5, 5.41) is 2.95. The first-order chi connectivity index (χ1) is 16.3. The maximum atomic E-state index is 13.8. The third-order valence-electron chi connectivity index (χ3n) is 5.97. The molecule has 0 saturated carbocycles. The van der Waals surface area contributed by atoms with Gasteiger partial charge in [-0.1, -0.05) is 30.3 Å². The number of ether oxygens (including phenoxy) is 2. The van der Waals surface area contributed by atoms with E-state index < -0.39 is 17.4 Å². The minimum Gasteiger partial charge on any atom is -0.496 e. The highest BCUT2D eigenvalue weighted by Crippen LogP contribution is 2.34.